The van der Waals surface area contributed by atoms with E-state index < -0.39 is 17.8 Å². The average molecular weight is 574 g/mol. The number of likely N-dealkylation sites (tertiary alicyclic amines) is 1. The summed E-state index contributed by atoms with van der Waals surface area (Å²) in [6.45, 7) is 3.88. The molecule has 10 nitrogen and oxygen atoms in total. The number of hydrogen-bond donors (Lipinski definition) is 3. The van der Waals surface area contributed by atoms with E-state index in [4.69, 9.17) is 29.1 Å². The molecular formula is C30H40FN3O7. The van der Waals surface area contributed by atoms with Crippen molar-refractivity contribution in [1.29, 1.82) is 0 Å². The zero-order valence-electron chi connectivity index (χ0n) is 23.3. The van der Waals surface area contributed by atoms with E-state index in [1.807, 2.05) is 4.90 Å². The number of carboxylic acid groups (broad SMARTS) is 2. The van der Waals surface area contributed by atoms with Crippen molar-refractivity contribution in [2.45, 2.75) is 69.8 Å². The van der Waals surface area contributed by atoms with Crippen molar-refractivity contribution in [3.63, 3.8) is 0 Å². The van der Waals surface area contributed by atoms with E-state index in [0.29, 0.717) is 44.0 Å². The molecule has 3 N–H and O–H groups in total. The number of pyridine rings is 1. The molecule has 0 radical (unpaired) electrons. The zero-order chi connectivity index (χ0) is 29.0. The van der Waals surface area contributed by atoms with Crippen LogP contribution in [0, 0.1) is 5.82 Å². The van der Waals surface area contributed by atoms with Crippen LogP contribution in [0.4, 0.5) is 10.2 Å². The number of ether oxygens (including phenoxy) is 3. The van der Waals surface area contributed by atoms with Gasteiger partial charge in [-0.05, 0) is 79.8 Å². The molecule has 2 aromatic rings. The van der Waals surface area contributed by atoms with Crippen LogP contribution in [-0.2, 0) is 43.2 Å². The first-order valence-electron chi connectivity index (χ1n) is 14.3. The predicted molar refractivity (Wildman–Crippen MR) is 149 cm³/mol. The highest BCUT2D eigenvalue weighted by atomic mass is 19.1. The van der Waals surface area contributed by atoms with Crippen LogP contribution in [0.15, 0.2) is 30.3 Å². The average Bonchev–Trinajstić information content (AvgIpc) is 3.65. The van der Waals surface area contributed by atoms with E-state index in [2.05, 4.69) is 17.4 Å². The van der Waals surface area contributed by atoms with Gasteiger partial charge in [-0.3, -0.25) is 14.5 Å². The number of rotatable bonds is 12. The fourth-order valence-electron chi connectivity index (χ4n) is 5.58. The molecule has 0 aliphatic carbocycles. The van der Waals surface area contributed by atoms with E-state index in [0.717, 1.165) is 63.0 Å². The highest BCUT2D eigenvalue weighted by molar-refractivity contribution is 5.76. The summed E-state index contributed by atoms with van der Waals surface area (Å²) in [5.74, 6) is -0.409. The van der Waals surface area contributed by atoms with Gasteiger partial charge in [-0.1, -0.05) is 12.1 Å². The van der Waals surface area contributed by atoms with Crippen LogP contribution in [0.2, 0.25) is 0 Å². The van der Waals surface area contributed by atoms with Crippen molar-refractivity contribution in [1.82, 2.24) is 9.88 Å². The minimum absolute atomic E-state index is 0.0135. The molecule has 224 valence electrons. The predicted octanol–water partition coefficient (Wildman–Crippen LogP) is 3.82. The Morgan fingerprint density at radius 2 is 2.07 bits per heavy atom. The van der Waals surface area contributed by atoms with Crippen molar-refractivity contribution in [2.75, 3.05) is 44.8 Å². The molecule has 1 aromatic carbocycles. The van der Waals surface area contributed by atoms with Gasteiger partial charge in [0.15, 0.2) is 0 Å². The molecule has 0 bridgehead atoms. The Kier molecular flexibility index (Phi) is 11.9. The molecule has 3 aliphatic heterocycles. The van der Waals surface area contributed by atoms with Crippen molar-refractivity contribution in [3.8, 4) is 0 Å². The number of carbonyl (C=O) groups is 2. The van der Waals surface area contributed by atoms with Crippen molar-refractivity contribution >= 4 is 18.3 Å². The summed E-state index contributed by atoms with van der Waals surface area (Å²) < 4.78 is 31.6. The van der Waals surface area contributed by atoms with E-state index in [1.54, 1.807) is 6.07 Å². The van der Waals surface area contributed by atoms with Crippen LogP contribution in [0.1, 0.15) is 60.5 Å². The third-order valence-corrected chi connectivity index (χ3v) is 7.67. The molecule has 3 atom stereocenters. The van der Waals surface area contributed by atoms with E-state index in [-0.39, 0.29) is 25.3 Å². The lowest BCUT2D eigenvalue weighted by molar-refractivity contribution is -0.143. The van der Waals surface area contributed by atoms with Gasteiger partial charge in [-0.2, -0.15) is 0 Å². The van der Waals surface area contributed by atoms with E-state index in [1.165, 1.54) is 17.7 Å². The summed E-state index contributed by atoms with van der Waals surface area (Å²) in [7, 11) is 0. The molecule has 2 fully saturated rings. The van der Waals surface area contributed by atoms with Gasteiger partial charge in [0.05, 0.1) is 25.4 Å². The summed E-state index contributed by atoms with van der Waals surface area (Å²) in [6.07, 6.45) is 6.58. The standard InChI is InChI=1S/C29H38FN3O5.CH2O2/c30-22-8-6-21(18-38-25-11-15-36-19-25)26(16-22)27(29(34)35)33-13-10-24(17-33)37-14-2-1-5-23-9-7-20-4-3-12-31-28(20)32-23;2-1-3/h6-9,16,24-25,27H,1-5,10-15,17-19H2,(H,31,32)(H,34,35);1H,(H,2,3)/t24-,25-,27?;/m1./s1. The number of nitrogens with zero attached hydrogens (tertiary/aromatic N) is 2. The first kappa shape index (κ1) is 30.8. The van der Waals surface area contributed by atoms with Crippen LogP contribution >= 0.6 is 0 Å². The number of nitrogens with one attached hydrogen (secondary N) is 1. The van der Waals surface area contributed by atoms with Gasteiger partial charge < -0.3 is 29.7 Å². The van der Waals surface area contributed by atoms with Crippen LogP contribution in [-0.4, -0.2) is 84.2 Å². The maximum Gasteiger partial charge on any atom is 0.325 e. The van der Waals surface area contributed by atoms with E-state index >= 15 is 0 Å². The lowest BCUT2D eigenvalue weighted by Gasteiger charge is -2.27. The fourth-order valence-corrected chi connectivity index (χ4v) is 5.58. The number of halogens is 1. The maximum absolute atomic E-state index is 14.2. The number of aryl methyl sites for hydroxylation is 2. The van der Waals surface area contributed by atoms with Crippen molar-refractivity contribution in [3.05, 3.63) is 58.5 Å². The number of fused-ring (bicyclic) bond motifs is 1. The summed E-state index contributed by atoms with van der Waals surface area (Å²) in [5, 5.41) is 20.4. The topological polar surface area (TPSA) is 130 Å². The molecule has 5 rings (SSSR count). The third kappa shape index (κ3) is 8.93. The monoisotopic (exact) mass is 573 g/mol. The molecule has 0 amide bonds. The quantitative estimate of drug-likeness (QED) is 0.254. The third-order valence-electron chi connectivity index (χ3n) is 7.67. The Balaban J connectivity index is 0.00000124. The van der Waals surface area contributed by atoms with Gasteiger partial charge >= 0.3 is 5.97 Å². The molecule has 2 saturated heterocycles. The zero-order valence-corrected chi connectivity index (χ0v) is 23.3. The number of hydrogen-bond acceptors (Lipinski definition) is 8. The number of aromatic nitrogens is 1. The minimum atomic E-state index is -0.992. The number of carboxylic acids is 1. The largest absolute Gasteiger partial charge is 0.483 e. The Morgan fingerprint density at radius 3 is 2.85 bits per heavy atom. The Hall–Kier alpha value is -3.12. The van der Waals surface area contributed by atoms with Crippen LogP contribution in [0.5, 0.6) is 0 Å². The molecule has 1 aromatic heterocycles. The van der Waals surface area contributed by atoms with Gasteiger partial charge in [0.25, 0.3) is 6.47 Å². The van der Waals surface area contributed by atoms with E-state index in [9.17, 15) is 14.3 Å². The molecular weight excluding hydrogens is 533 g/mol. The van der Waals surface area contributed by atoms with Gasteiger partial charge in [-0.15, -0.1) is 0 Å². The molecule has 11 heteroatoms. The highest BCUT2D eigenvalue weighted by Crippen LogP contribution is 2.31. The Labute approximate surface area is 239 Å². The van der Waals surface area contributed by atoms with Crippen molar-refractivity contribution in [2.24, 2.45) is 0 Å². The second-order valence-electron chi connectivity index (χ2n) is 10.6. The summed E-state index contributed by atoms with van der Waals surface area (Å²) >= 11 is 0. The molecule has 41 heavy (non-hydrogen) atoms. The summed E-state index contributed by atoms with van der Waals surface area (Å²) in [4.78, 5) is 27.4. The number of benzene rings is 1. The fraction of sp³-hybridized carbons (Fsp3) is 0.567. The lowest BCUT2D eigenvalue weighted by Crippen LogP contribution is -2.34. The normalized spacial score (nSPS) is 20.9. The van der Waals surface area contributed by atoms with Crippen LogP contribution in [0.3, 0.4) is 0 Å². The second kappa shape index (κ2) is 15.8. The molecule has 0 spiro atoms. The number of unbranched alkanes of at least 4 members (excludes halogenated alkanes) is 1. The molecule has 4 heterocycles. The maximum atomic E-state index is 14.2. The molecule has 0 saturated carbocycles. The molecule has 3 aliphatic rings. The summed E-state index contributed by atoms with van der Waals surface area (Å²) in [6, 6.07) is 7.70. The first-order valence-corrected chi connectivity index (χ1v) is 14.3. The second-order valence-corrected chi connectivity index (χ2v) is 10.6. The smallest absolute Gasteiger partial charge is 0.325 e. The Morgan fingerprint density at radius 1 is 1.22 bits per heavy atom. The van der Waals surface area contributed by atoms with Crippen LogP contribution in [0.25, 0.3) is 0 Å². The molecule has 1 unspecified atom stereocenters. The minimum Gasteiger partial charge on any atom is -0.483 e. The Bertz CT molecular complexity index is 1150. The number of anilines is 1. The van der Waals surface area contributed by atoms with Gasteiger partial charge in [0, 0.05) is 38.5 Å². The highest BCUT2D eigenvalue weighted by Gasteiger charge is 2.35. The summed E-state index contributed by atoms with van der Waals surface area (Å²) in [5.41, 5.74) is 3.55. The van der Waals surface area contributed by atoms with Crippen LogP contribution < -0.4 is 5.32 Å². The van der Waals surface area contributed by atoms with Crippen molar-refractivity contribution < 1.29 is 38.4 Å². The van der Waals surface area contributed by atoms with Gasteiger partial charge in [-0.25, -0.2) is 9.37 Å². The first-order chi connectivity index (χ1) is 20.0. The van der Waals surface area contributed by atoms with Gasteiger partial charge in [0.2, 0.25) is 0 Å². The number of aliphatic carboxylic acids is 1. The SMILES string of the molecule is O=C(O)C(c1cc(F)ccc1CO[C@@H]1CCOC1)N1CC[C@@H](OCCCCc2ccc3c(n2)NCCC3)C1.O=CO. The lowest BCUT2D eigenvalue weighted by atomic mass is 9.99. The van der Waals surface area contributed by atoms with Gasteiger partial charge in [0.1, 0.15) is 17.7 Å².